The van der Waals surface area contributed by atoms with E-state index in [1.54, 1.807) is 0 Å². The van der Waals surface area contributed by atoms with Gasteiger partial charge in [0.2, 0.25) is 5.91 Å². The van der Waals surface area contributed by atoms with Crippen LogP contribution < -0.4 is 10.6 Å². The van der Waals surface area contributed by atoms with Gasteiger partial charge < -0.3 is 15.5 Å². The van der Waals surface area contributed by atoms with Crippen molar-refractivity contribution in [2.45, 2.75) is 25.7 Å². The Morgan fingerprint density at radius 3 is 2.45 bits per heavy atom. The first-order chi connectivity index (χ1) is 9.75. The van der Waals surface area contributed by atoms with E-state index in [0.29, 0.717) is 13.0 Å². The minimum atomic E-state index is -0.275. The van der Waals surface area contributed by atoms with Gasteiger partial charge in [0.05, 0.1) is 0 Å². The number of anilines is 1. The number of likely N-dealkylation sites (tertiary alicyclic amines) is 1. The third kappa shape index (κ3) is 4.57. The molecule has 1 fully saturated rings. The number of rotatable bonds is 4. The highest BCUT2D eigenvalue weighted by Crippen LogP contribution is 2.09. The molecule has 3 amide bonds. The van der Waals surface area contributed by atoms with Gasteiger partial charge in [-0.15, -0.1) is 0 Å². The van der Waals surface area contributed by atoms with Gasteiger partial charge >= 0.3 is 6.03 Å². The number of carbonyl (C=O) groups is 2. The number of nitrogens with zero attached hydrogens (tertiary/aromatic N) is 1. The van der Waals surface area contributed by atoms with Crippen molar-refractivity contribution >= 4 is 17.6 Å². The van der Waals surface area contributed by atoms with Crippen LogP contribution >= 0.6 is 0 Å². The summed E-state index contributed by atoms with van der Waals surface area (Å²) < 4.78 is 0. The largest absolute Gasteiger partial charge is 0.343 e. The van der Waals surface area contributed by atoms with Crippen molar-refractivity contribution in [2.24, 2.45) is 0 Å². The number of para-hydroxylation sites is 1. The van der Waals surface area contributed by atoms with Crippen molar-refractivity contribution < 1.29 is 9.59 Å². The maximum atomic E-state index is 11.9. The molecular weight excluding hydrogens is 254 g/mol. The highest BCUT2D eigenvalue weighted by atomic mass is 16.2. The summed E-state index contributed by atoms with van der Waals surface area (Å²) in [5, 5.41) is 5.42. The molecule has 0 saturated carbocycles. The van der Waals surface area contributed by atoms with Gasteiger partial charge in [-0.05, 0) is 31.4 Å². The molecule has 5 heteroatoms. The maximum absolute atomic E-state index is 11.9. The molecule has 108 valence electrons. The minimum absolute atomic E-state index is 0.129. The van der Waals surface area contributed by atoms with Crippen LogP contribution in [0.25, 0.3) is 0 Å². The number of nitrogens with one attached hydrogen (secondary N) is 2. The molecule has 2 N–H and O–H groups in total. The Bertz CT molecular complexity index is 442. The van der Waals surface area contributed by atoms with Crippen LogP contribution in [-0.4, -0.2) is 36.5 Å². The number of piperidine rings is 1. The van der Waals surface area contributed by atoms with Gasteiger partial charge in [-0.25, -0.2) is 4.79 Å². The summed E-state index contributed by atoms with van der Waals surface area (Å²) >= 11 is 0. The summed E-state index contributed by atoms with van der Waals surface area (Å²) in [6.45, 7) is 2.08. The van der Waals surface area contributed by atoms with E-state index < -0.39 is 0 Å². The first-order valence-corrected chi connectivity index (χ1v) is 7.13. The van der Waals surface area contributed by atoms with E-state index in [9.17, 15) is 9.59 Å². The van der Waals surface area contributed by atoms with Gasteiger partial charge in [0, 0.05) is 31.7 Å². The van der Waals surface area contributed by atoms with Gasteiger partial charge in [0.25, 0.3) is 0 Å². The smallest absolute Gasteiger partial charge is 0.319 e. The first-order valence-electron chi connectivity index (χ1n) is 7.13. The monoisotopic (exact) mass is 275 g/mol. The molecule has 0 spiro atoms. The molecule has 1 heterocycles. The van der Waals surface area contributed by atoms with Gasteiger partial charge in [0.1, 0.15) is 0 Å². The highest BCUT2D eigenvalue weighted by Gasteiger charge is 2.15. The predicted molar refractivity (Wildman–Crippen MR) is 78.5 cm³/mol. The lowest BCUT2D eigenvalue weighted by atomic mass is 10.1. The number of hydrogen-bond acceptors (Lipinski definition) is 2. The van der Waals surface area contributed by atoms with E-state index in [0.717, 1.165) is 31.6 Å². The second-order valence-electron chi connectivity index (χ2n) is 4.94. The van der Waals surface area contributed by atoms with E-state index in [1.165, 1.54) is 6.42 Å². The van der Waals surface area contributed by atoms with E-state index in [-0.39, 0.29) is 11.9 Å². The molecule has 5 nitrogen and oxygen atoms in total. The van der Waals surface area contributed by atoms with E-state index in [1.807, 2.05) is 35.2 Å². The molecule has 0 aliphatic carbocycles. The predicted octanol–water partition coefficient (Wildman–Crippen LogP) is 2.21. The lowest BCUT2D eigenvalue weighted by molar-refractivity contribution is -0.131. The van der Waals surface area contributed by atoms with E-state index in [4.69, 9.17) is 0 Å². The third-order valence-electron chi connectivity index (χ3n) is 3.36. The Balaban J connectivity index is 1.65. The van der Waals surface area contributed by atoms with Crippen molar-refractivity contribution in [3.63, 3.8) is 0 Å². The second-order valence-corrected chi connectivity index (χ2v) is 4.94. The molecule has 20 heavy (non-hydrogen) atoms. The second kappa shape index (κ2) is 7.53. The lowest BCUT2D eigenvalue weighted by Crippen LogP contribution is -2.38. The number of amides is 3. The minimum Gasteiger partial charge on any atom is -0.343 e. The van der Waals surface area contributed by atoms with Crippen molar-refractivity contribution in [1.82, 2.24) is 10.2 Å². The molecule has 1 aromatic rings. The normalized spacial score (nSPS) is 14.7. The standard InChI is InChI=1S/C15H21N3O2/c19-14(18-11-5-2-6-12-18)9-10-16-15(20)17-13-7-3-1-4-8-13/h1,3-4,7-8H,2,5-6,9-12H2,(H2,16,17,20). The lowest BCUT2D eigenvalue weighted by Gasteiger charge is -2.26. The van der Waals surface area contributed by atoms with Crippen LogP contribution in [-0.2, 0) is 4.79 Å². The van der Waals surface area contributed by atoms with Crippen LogP contribution in [0.4, 0.5) is 10.5 Å². The van der Waals surface area contributed by atoms with Crippen molar-refractivity contribution in [2.75, 3.05) is 25.0 Å². The zero-order valence-corrected chi connectivity index (χ0v) is 11.6. The van der Waals surface area contributed by atoms with E-state index >= 15 is 0 Å². The van der Waals surface area contributed by atoms with Crippen LogP contribution in [0.3, 0.4) is 0 Å². The highest BCUT2D eigenvalue weighted by molar-refractivity contribution is 5.89. The number of carbonyl (C=O) groups excluding carboxylic acids is 2. The first kappa shape index (κ1) is 14.4. The van der Waals surface area contributed by atoms with Crippen molar-refractivity contribution in [3.05, 3.63) is 30.3 Å². The Hall–Kier alpha value is -2.04. The summed E-state index contributed by atoms with van der Waals surface area (Å²) in [4.78, 5) is 25.4. The van der Waals surface area contributed by atoms with Gasteiger partial charge in [-0.2, -0.15) is 0 Å². The molecule has 0 radical (unpaired) electrons. The van der Waals surface area contributed by atoms with Crippen molar-refractivity contribution in [3.8, 4) is 0 Å². The summed E-state index contributed by atoms with van der Waals surface area (Å²) in [7, 11) is 0. The third-order valence-corrected chi connectivity index (χ3v) is 3.36. The van der Waals surface area contributed by atoms with Crippen LogP contribution in [0, 0.1) is 0 Å². The Labute approximate surface area is 119 Å². The number of benzene rings is 1. The van der Waals surface area contributed by atoms with Gasteiger partial charge in [0.15, 0.2) is 0 Å². The summed E-state index contributed by atoms with van der Waals surface area (Å²) in [6.07, 6.45) is 3.76. The molecule has 1 aliphatic heterocycles. The fourth-order valence-electron chi connectivity index (χ4n) is 2.28. The van der Waals surface area contributed by atoms with Gasteiger partial charge in [-0.3, -0.25) is 4.79 Å². The zero-order chi connectivity index (χ0) is 14.2. The molecule has 2 rings (SSSR count). The van der Waals surface area contributed by atoms with Crippen LogP contribution in [0.1, 0.15) is 25.7 Å². The summed E-state index contributed by atoms with van der Waals surface area (Å²) in [5.74, 6) is 0.129. The summed E-state index contributed by atoms with van der Waals surface area (Å²) in [6, 6.07) is 8.96. The molecule has 1 saturated heterocycles. The molecular formula is C15H21N3O2. The van der Waals surface area contributed by atoms with Crippen LogP contribution in [0.5, 0.6) is 0 Å². The van der Waals surface area contributed by atoms with Crippen molar-refractivity contribution in [1.29, 1.82) is 0 Å². The topological polar surface area (TPSA) is 61.4 Å². The molecule has 0 aromatic heterocycles. The molecule has 1 aromatic carbocycles. The maximum Gasteiger partial charge on any atom is 0.319 e. The fraction of sp³-hybridized carbons (Fsp3) is 0.467. The summed E-state index contributed by atoms with van der Waals surface area (Å²) in [5.41, 5.74) is 0.743. The fourth-order valence-corrected chi connectivity index (χ4v) is 2.28. The molecule has 0 unspecified atom stereocenters. The quantitative estimate of drug-likeness (QED) is 0.885. The average Bonchev–Trinajstić information content (AvgIpc) is 2.49. The Morgan fingerprint density at radius 1 is 1.05 bits per heavy atom. The number of urea groups is 1. The zero-order valence-electron chi connectivity index (χ0n) is 11.6. The Morgan fingerprint density at radius 2 is 1.75 bits per heavy atom. The molecule has 0 atom stereocenters. The molecule has 0 bridgehead atoms. The molecule has 1 aliphatic rings. The Kier molecular flexibility index (Phi) is 5.41. The SMILES string of the molecule is O=C(NCCC(=O)N1CCCCC1)Nc1ccccc1. The number of hydrogen-bond donors (Lipinski definition) is 2. The van der Waals surface area contributed by atoms with Crippen LogP contribution in [0.15, 0.2) is 30.3 Å². The van der Waals surface area contributed by atoms with Gasteiger partial charge in [-0.1, -0.05) is 18.2 Å². The van der Waals surface area contributed by atoms with Crippen LogP contribution in [0.2, 0.25) is 0 Å². The van der Waals surface area contributed by atoms with E-state index in [2.05, 4.69) is 10.6 Å². The average molecular weight is 275 g/mol.